The number of alkyl halides is 6. The molecule has 7 nitrogen and oxygen atoms in total. The van der Waals surface area contributed by atoms with E-state index in [9.17, 15) is 31.1 Å². The molecule has 0 unspecified atom stereocenters. The molecular weight excluding hydrogens is 372 g/mol. The zero-order chi connectivity index (χ0) is 19.7. The number of aromatic nitrogens is 4. The van der Waals surface area contributed by atoms with E-state index in [0.29, 0.717) is 0 Å². The van der Waals surface area contributed by atoms with E-state index < -0.39 is 36.4 Å². The molecule has 2 rings (SSSR count). The summed E-state index contributed by atoms with van der Waals surface area (Å²) in [5.41, 5.74) is -2.95. The zero-order valence-electron chi connectivity index (χ0n) is 13.2. The number of rotatable bonds is 3. The molecule has 0 aliphatic carbocycles. The first kappa shape index (κ1) is 19.5. The monoisotopic (exact) mass is 383 g/mol. The maximum Gasteiger partial charge on any atom is 0.435 e. The van der Waals surface area contributed by atoms with E-state index in [0.717, 1.165) is 13.3 Å². The van der Waals surface area contributed by atoms with Crippen LogP contribution in [0.15, 0.2) is 12.3 Å². The number of methoxy groups -OCH3 is 1. The number of anilines is 1. The van der Waals surface area contributed by atoms with Crippen LogP contribution in [0.25, 0.3) is 0 Å². The fraction of sp³-hybridized carbons (Fsp3) is 0.385. The molecule has 142 valence electrons. The first-order valence-corrected chi connectivity index (χ1v) is 6.81. The lowest BCUT2D eigenvalue weighted by molar-refractivity contribution is -0.144. The summed E-state index contributed by atoms with van der Waals surface area (Å²) in [6.07, 6.45) is -9.80. The Hall–Kier alpha value is -2.86. The lowest BCUT2D eigenvalue weighted by Gasteiger charge is -2.11. The standard InChI is InChI=1S/C13H11F6N5O2/c1-6-7(22-11(25)26-2)4-20-10(21-6)5-24-9(13(17,18)19)3-8(23-24)12(14,15)16/h3-4H,5H2,1-2H3,(H,22,25). The van der Waals surface area contributed by atoms with Crippen LogP contribution in [0.2, 0.25) is 0 Å². The molecular formula is C13H11F6N5O2. The van der Waals surface area contributed by atoms with E-state index >= 15 is 0 Å². The third kappa shape index (κ3) is 4.40. The number of ether oxygens (including phenoxy) is 1. The molecule has 2 aromatic heterocycles. The minimum absolute atomic E-state index is 0.0833. The van der Waals surface area contributed by atoms with Crippen molar-refractivity contribution in [3.63, 3.8) is 0 Å². The summed E-state index contributed by atoms with van der Waals surface area (Å²) in [7, 11) is 1.12. The van der Waals surface area contributed by atoms with Crippen LogP contribution in [0, 0.1) is 6.92 Å². The van der Waals surface area contributed by atoms with Crippen LogP contribution in [0.4, 0.5) is 36.8 Å². The molecule has 0 atom stereocenters. The Morgan fingerprint density at radius 3 is 2.38 bits per heavy atom. The summed E-state index contributed by atoms with van der Waals surface area (Å²) >= 11 is 0. The molecule has 2 heterocycles. The predicted octanol–water partition coefficient (Wildman–Crippen LogP) is 3.25. The molecule has 0 aliphatic rings. The van der Waals surface area contributed by atoms with Gasteiger partial charge in [0.25, 0.3) is 0 Å². The molecule has 0 fully saturated rings. The SMILES string of the molecule is COC(=O)Nc1cnc(Cn2nc(C(F)(F)F)cc2C(F)(F)F)nc1C. The summed E-state index contributed by atoms with van der Waals surface area (Å²) in [5.74, 6) is -0.222. The van der Waals surface area contributed by atoms with E-state index in [2.05, 4.69) is 25.1 Å². The van der Waals surface area contributed by atoms with Crippen molar-refractivity contribution in [1.82, 2.24) is 19.7 Å². The van der Waals surface area contributed by atoms with Gasteiger partial charge in [0, 0.05) is 6.07 Å². The van der Waals surface area contributed by atoms with Crippen LogP contribution in [-0.2, 0) is 23.6 Å². The second-order valence-corrected chi connectivity index (χ2v) is 4.97. The minimum Gasteiger partial charge on any atom is -0.453 e. The van der Waals surface area contributed by atoms with Crippen molar-refractivity contribution in [1.29, 1.82) is 0 Å². The molecule has 1 N–H and O–H groups in total. The van der Waals surface area contributed by atoms with Gasteiger partial charge in [-0.3, -0.25) is 10.00 Å². The van der Waals surface area contributed by atoms with Gasteiger partial charge in [-0.15, -0.1) is 0 Å². The van der Waals surface area contributed by atoms with Gasteiger partial charge in [-0.2, -0.15) is 31.4 Å². The van der Waals surface area contributed by atoms with E-state index in [1.54, 1.807) is 0 Å². The van der Waals surface area contributed by atoms with Crippen LogP contribution in [0.3, 0.4) is 0 Å². The van der Waals surface area contributed by atoms with Gasteiger partial charge in [0.05, 0.1) is 24.7 Å². The number of halogens is 6. The van der Waals surface area contributed by atoms with Gasteiger partial charge in [0.15, 0.2) is 5.69 Å². The van der Waals surface area contributed by atoms with Gasteiger partial charge in [-0.1, -0.05) is 0 Å². The largest absolute Gasteiger partial charge is 0.453 e. The summed E-state index contributed by atoms with van der Waals surface area (Å²) in [5, 5.41) is 5.23. The predicted molar refractivity (Wildman–Crippen MR) is 74.1 cm³/mol. The summed E-state index contributed by atoms with van der Waals surface area (Å²) in [6, 6.07) is -0.0833. The maximum atomic E-state index is 12.9. The fourth-order valence-electron chi connectivity index (χ4n) is 1.91. The number of hydrogen-bond acceptors (Lipinski definition) is 5. The molecule has 0 saturated carbocycles. The van der Waals surface area contributed by atoms with Crippen LogP contribution < -0.4 is 5.32 Å². The Balaban J connectivity index is 2.34. The van der Waals surface area contributed by atoms with Crippen LogP contribution >= 0.6 is 0 Å². The van der Waals surface area contributed by atoms with Crippen molar-refractivity contribution in [2.24, 2.45) is 0 Å². The summed E-state index contributed by atoms with van der Waals surface area (Å²) in [6.45, 7) is 0.676. The van der Waals surface area contributed by atoms with Crippen molar-refractivity contribution in [2.75, 3.05) is 12.4 Å². The normalized spacial score (nSPS) is 12.2. The van der Waals surface area contributed by atoms with E-state index in [-0.39, 0.29) is 28.0 Å². The van der Waals surface area contributed by atoms with Crippen LogP contribution in [-0.4, -0.2) is 33.0 Å². The Bertz CT molecular complexity index is 814. The lowest BCUT2D eigenvalue weighted by Crippen LogP contribution is -2.18. The Morgan fingerprint density at radius 1 is 1.23 bits per heavy atom. The first-order chi connectivity index (χ1) is 11.9. The molecule has 0 radical (unpaired) electrons. The quantitative estimate of drug-likeness (QED) is 0.823. The number of hydrogen-bond donors (Lipinski definition) is 1. The molecule has 0 aromatic carbocycles. The second-order valence-electron chi connectivity index (χ2n) is 4.97. The zero-order valence-corrected chi connectivity index (χ0v) is 13.2. The molecule has 13 heteroatoms. The van der Waals surface area contributed by atoms with Crippen molar-refractivity contribution in [3.05, 3.63) is 35.2 Å². The number of carbonyl (C=O) groups excluding carboxylic acids is 1. The number of nitrogens with zero attached hydrogens (tertiary/aromatic N) is 4. The number of nitrogens with one attached hydrogen (secondary N) is 1. The Morgan fingerprint density at radius 2 is 1.88 bits per heavy atom. The second kappa shape index (κ2) is 6.80. The average Bonchev–Trinajstić information content (AvgIpc) is 2.94. The Kier molecular flexibility index (Phi) is 5.09. The van der Waals surface area contributed by atoms with Gasteiger partial charge < -0.3 is 4.74 Å². The van der Waals surface area contributed by atoms with Gasteiger partial charge in [-0.05, 0) is 6.92 Å². The highest BCUT2D eigenvalue weighted by molar-refractivity contribution is 5.84. The van der Waals surface area contributed by atoms with Gasteiger partial charge in [0.1, 0.15) is 18.1 Å². The number of aryl methyl sites for hydroxylation is 1. The molecule has 2 aromatic rings. The van der Waals surface area contributed by atoms with E-state index in [1.165, 1.54) is 6.92 Å². The molecule has 0 bridgehead atoms. The van der Waals surface area contributed by atoms with Crippen molar-refractivity contribution < 1.29 is 35.9 Å². The Labute approximate surface area is 142 Å². The third-order valence-corrected chi connectivity index (χ3v) is 3.10. The van der Waals surface area contributed by atoms with Crippen molar-refractivity contribution >= 4 is 11.8 Å². The molecule has 0 aliphatic heterocycles. The van der Waals surface area contributed by atoms with Crippen molar-refractivity contribution in [3.8, 4) is 0 Å². The number of amides is 1. The minimum atomic E-state index is -5.04. The highest BCUT2D eigenvalue weighted by Crippen LogP contribution is 2.35. The smallest absolute Gasteiger partial charge is 0.435 e. The first-order valence-electron chi connectivity index (χ1n) is 6.81. The van der Waals surface area contributed by atoms with Gasteiger partial charge in [0.2, 0.25) is 0 Å². The topological polar surface area (TPSA) is 81.9 Å². The molecule has 0 spiro atoms. The highest BCUT2D eigenvalue weighted by atomic mass is 19.4. The van der Waals surface area contributed by atoms with Crippen LogP contribution in [0.5, 0.6) is 0 Å². The number of carbonyl (C=O) groups is 1. The van der Waals surface area contributed by atoms with Crippen LogP contribution in [0.1, 0.15) is 22.9 Å². The molecule has 26 heavy (non-hydrogen) atoms. The van der Waals surface area contributed by atoms with Gasteiger partial charge in [-0.25, -0.2) is 14.8 Å². The van der Waals surface area contributed by atoms with E-state index in [1.807, 2.05) is 0 Å². The highest BCUT2D eigenvalue weighted by Gasteiger charge is 2.41. The van der Waals surface area contributed by atoms with Gasteiger partial charge >= 0.3 is 18.4 Å². The molecule has 1 amide bonds. The molecule has 0 saturated heterocycles. The fourth-order valence-corrected chi connectivity index (χ4v) is 1.91. The van der Waals surface area contributed by atoms with E-state index in [4.69, 9.17) is 0 Å². The summed E-state index contributed by atoms with van der Waals surface area (Å²) in [4.78, 5) is 18.7. The third-order valence-electron chi connectivity index (χ3n) is 3.10. The lowest BCUT2D eigenvalue weighted by atomic mass is 10.3. The maximum absolute atomic E-state index is 12.9. The van der Waals surface area contributed by atoms with Crippen molar-refractivity contribution in [2.45, 2.75) is 25.8 Å². The summed E-state index contributed by atoms with van der Waals surface area (Å²) < 4.78 is 81.3. The average molecular weight is 383 g/mol.